The number of aromatic nitrogens is 2. The van der Waals surface area contributed by atoms with Crippen molar-refractivity contribution in [2.45, 2.75) is 32.7 Å². The maximum atomic E-state index is 12.3. The van der Waals surface area contributed by atoms with Crippen LogP contribution in [0.1, 0.15) is 34.9 Å². The number of para-hydroxylation sites is 1. The molecule has 0 radical (unpaired) electrons. The SMILES string of the molecule is Cc1ccc2nc(CNC(=O)CC3C(=O)Nc4c(C)cccc43)[nH]c2c1. The molecule has 2 aromatic carbocycles. The standard InChI is InChI=1S/C20H20N4O2/c1-11-6-7-15-16(8-11)23-17(22-15)10-21-18(25)9-14-13-5-3-4-12(2)19(13)24-20(14)26/h3-8,14H,9-10H2,1-2H3,(H,21,25)(H,22,23)(H,24,26). The van der Waals surface area contributed by atoms with E-state index in [-0.39, 0.29) is 18.2 Å². The highest BCUT2D eigenvalue weighted by atomic mass is 16.2. The van der Waals surface area contributed by atoms with E-state index >= 15 is 0 Å². The number of amides is 2. The van der Waals surface area contributed by atoms with Crippen LogP contribution in [-0.2, 0) is 16.1 Å². The van der Waals surface area contributed by atoms with Gasteiger partial charge in [0.05, 0.1) is 23.5 Å². The first-order valence-electron chi connectivity index (χ1n) is 8.63. The highest BCUT2D eigenvalue weighted by molar-refractivity contribution is 6.05. The second-order valence-corrected chi connectivity index (χ2v) is 6.77. The van der Waals surface area contributed by atoms with E-state index < -0.39 is 5.92 Å². The van der Waals surface area contributed by atoms with Crippen molar-refractivity contribution < 1.29 is 9.59 Å². The Kier molecular flexibility index (Phi) is 3.95. The van der Waals surface area contributed by atoms with Crippen LogP contribution in [0.25, 0.3) is 11.0 Å². The number of hydrogen-bond donors (Lipinski definition) is 3. The van der Waals surface area contributed by atoms with E-state index in [1.807, 2.05) is 50.2 Å². The lowest BCUT2D eigenvalue weighted by Gasteiger charge is -2.09. The third-order valence-electron chi connectivity index (χ3n) is 4.77. The minimum Gasteiger partial charge on any atom is -0.349 e. The van der Waals surface area contributed by atoms with Crippen molar-refractivity contribution in [3.8, 4) is 0 Å². The number of hydrogen-bond acceptors (Lipinski definition) is 3. The summed E-state index contributed by atoms with van der Waals surface area (Å²) in [5, 5.41) is 5.74. The van der Waals surface area contributed by atoms with Gasteiger partial charge in [-0.15, -0.1) is 0 Å². The van der Waals surface area contributed by atoms with Crippen LogP contribution in [0.3, 0.4) is 0 Å². The van der Waals surface area contributed by atoms with Gasteiger partial charge in [-0.05, 0) is 42.7 Å². The molecular formula is C20H20N4O2. The van der Waals surface area contributed by atoms with Gasteiger partial charge >= 0.3 is 0 Å². The van der Waals surface area contributed by atoms with E-state index in [0.717, 1.165) is 33.4 Å². The summed E-state index contributed by atoms with van der Waals surface area (Å²) < 4.78 is 0. The smallest absolute Gasteiger partial charge is 0.232 e. The number of carbonyl (C=O) groups excluding carboxylic acids is 2. The Morgan fingerprint density at radius 3 is 2.92 bits per heavy atom. The third kappa shape index (κ3) is 2.94. The number of imidazole rings is 1. The fraction of sp³-hybridized carbons (Fsp3) is 0.250. The van der Waals surface area contributed by atoms with E-state index in [9.17, 15) is 9.59 Å². The zero-order chi connectivity index (χ0) is 18.3. The highest BCUT2D eigenvalue weighted by Gasteiger charge is 2.32. The van der Waals surface area contributed by atoms with E-state index in [4.69, 9.17) is 0 Å². The molecule has 1 atom stereocenters. The summed E-state index contributed by atoms with van der Waals surface area (Å²) in [6, 6.07) is 11.7. The molecule has 2 amide bonds. The van der Waals surface area contributed by atoms with E-state index in [1.165, 1.54) is 0 Å². The first kappa shape index (κ1) is 16.3. The molecule has 1 aliphatic rings. The zero-order valence-electron chi connectivity index (χ0n) is 14.7. The second kappa shape index (κ2) is 6.29. The second-order valence-electron chi connectivity index (χ2n) is 6.77. The largest absolute Gasteiger partial charge is 0.349 e. The molecular weight excluding hydrogens is 328 g/mol. The molecule has 2 heterocycles. The predicted molar refractivity (Wildman–Crippen MR) is 99.8 cm³/mol. The monoisotopic (exact) mass is 348 g/mol. The lowest BCUT2D eigenvalue weighted by atomic mass is 9.95. The van der Waals surface area contributed by atoms with Crippen molar-refractivity contribution >= 4 is 28.5 Å². The van der Waals surface area contributed by atoms with Crippen molar-refractivity contribution in [3.05, 3.63) is 58.9 Å². The summed E-state index contributed by atoms with van der Waals surface area (Å²) in [5.74, 6) is -0.0332. The summed E-state index contributed by atoms with van der Waals surface area (Å²) in [4.78, 5) is 32.3. The topological polar surface area (TPSA) is 86.9 Å². The maximum Gasteiger partial charge on any atom is 0.232 e. The predicted octanol–water partition coefficient (Wildman–Crippen LogP) is 2.92. The molecule has 0 spiro atoms. The van der Waals surface area contributed by atoms with Crippen molar-refractivity contribution in [3.63, 3.8) is 0 Å². The normalized spacial score (nSPS) is 15.8. The Bertz CT molecular complexity index is 1020. The summed E-state index contributed by atoms with van der Waals surface area (Å²) in [7, 11) is 0. The lowest BCUT2D eigenvalue weighted by Crippen LogP contribution is -2.27. The number of nitrogens with one attached hydrogen (secondary N) is 3. The Morgan fingerprint density at radius 2 is 2.08 bits per heavy atom. The summed E-state index contributed by atoms with van der Waals surface area (Å²) >= 11 is 0. The molecule has 0 aliphatic carbocycles. The van der Waals surface area contributed by atoms with Gasteiger partial charge in [0.15, 0.2) is 0 Å². The van der Waals surface area contributed by atoms with Gasteiger partial charge in [0.2, 0.25) is 11.8 Å². The lowest BCUT2D eigenvalue weighted by molar-refractivity contribution is -0.125. The van der Waals surface area contributed by atoms with Crippen LogP contribution < -0.4 is 10.6 Å². The van der Waals surface area contributed by atoms with Crippen LogP contribution in [0.15, 0.2) is 36.4 Å². The maximum absolute atomic E-state index is 12.3. The highest BCUT2D eigenvalue weighted by Crippen LogP contribution is 2.36. The number of aromatic amines is 1. The van der Waals surface area contributed by atoms with Crippen molar-refractivity contribution in [2.24, 2.45) is 0 Å². The number of anilines is 1. The van der Waals surface area contributed by atoms with Gasteiger partial charge in [0.1, 0.15) is 5.82 Å². The Labute approximate surface area is 151 Å². The fourth-order valence-corrected chi connectivity index (χ4v) is 3.41. The minimum absolute atomic E-state index is 0.122. The van der Waals surface area contributed by atoms with Gasteiger partial charge in [-0.25, -0.2) is 4.98 Å². The van der Waals surface area contributed by atoms with Gasteiger partial charge < -0.3 is 15.6 Å². The summed E-state index contributed by atoms with van der Waals surface area (Å²) in [6.45, 7) is 4.28. The van der Waals surface area contributed by atoms with Gasteiger partial charge in [-0.1, -0.05) is 24.3 Å². The molecule has 132 valence electrons. The Morgan fingerprint density at radius 1 is 1.23 bits per heavy atom. The molecule has 1 aromatic heterocycles. The Balaban J connectivity index is 1.43. The number of fused-ring (bicyclic) bond motifs is 2. The summed E-state index contributed by atoms with van der Waals surface area (Å²) in [6.07, 6.45) is 0.127. The fourth-order valence-electron chi connectivity index (χ4n) is 3.41. The van der Waals surface area contributed by atoms with Crippen LogP contribution in [-0.4, -0.2) is 21.8 Å². The quantitative estimate of drug-likeness (QED) is 0.677. The number of nitrogens with zero attached hydrogens (tertiary/aromatic N) is 1. The molecule has 1 aliphatic heterocycles. The number of aryl methyl sites for hydroxylation is 2. The molecule has 3 N–H and O–H groups in total. The first-order valence-corrected chi connectivity index (χ1v) is 8.63. The molecule has 0 fully saturated rings. The molecule has 0 bridgehead atoms. The molecule has 0 saturated heterocycles. The zero-order valence-corrected chi connectivity index (χ0v) is 14.7. The number of carbonyl (C=O) groups is 2. The molecule has 0 saturated carbocycles. The molecule has 1 unspecified atom stereocenters. The van der Waals surface area contributed by atoms with Gasteiger partial charge in [0, 0.05) is 12.1 Å². The van der Waals surface area contributed by atoms with Crippen LogP contribution in [0.2, 0.25) is 0 Å². The van der Waals surface area contributed by atoms with Gasteiger partial charge in [-0.2, -0.15) is 0 Å². The van der Waals surface area contributed by atoms with E-state index in [1.54, 1.807) is 0 Å². The third-order valence-corrected chi connectivity index (χ3v) is 4.77. The number of benzene rings is 2. The molecule has 6 nitrogen and oxygen atoms in total. The van der Waals surface area contributed by atoms with Gasteiger partial charge in [-0.3, -0.25) is 9.59 Å². The van der Waals surface area contributed by atoms with E-state index in [0.29, 0.717) is 12.4 Å². The van der Waals surface area contributed by atoms with Gasteiger partial charge in [0.25, 0.3) is 0 Å². The molecule has 4 rings (SSSR count). The number of H-pyrrole nitrogens is 1. The number of rotatable bonds is 4. The van der Waals surface area contributed by atoms with Crippen LogP contribution >= 0.6 is 0 Å². The Hall–Kier alpha value is -3.15. The van der Waals surface area contributed by atoms with Crippen LogP contribution in [0, 0.1) is 13.8 Å². The van der Waals surface area contributed by atoms with Crippen LogP contribution in [0.5, 0.6) is 0 Å². The average molecular weight is 348 g/mol. The molecule has 26 heavy (non-hydrogen) atoms. The van der Waals surface area contributed by atoms with Crippen LogP contribution in [0.4, 0.5) is 5.69 Å². The molecule has 3 aromatic rings. The summed E-state index contributed by atoms with van der Waals surface area (Å²) in [5.41, 5.74) is 5.72. The van der Waals surface area contributed by atoms with E-state index in [2.05, 4.69) is 20.6 Å². The van der Waals surface area contributed by atoms with Crippen molar-refractivity contribution in [2.75, 3.05) is 5.32 Å². The van der Waals surface area contributed by atoms with Crippen molar-refractivity contribution in [1.82, 2.24) is 15.3 Å². The first-order chi connectivity index (χ1) is 12.5. The average Bonchev–Trinajstić information content (AvgIpc) is 3.15. The molecule has 6 heteroatoms. The minimum atomic E-state index is -0.441. The van der Waals surface area contributed by atoms with Crippen molar-refractivity contribution in [1.29, 1.82) is 0 Å².